The van der Waals surface area contributed by atoms with Gasteiger partial charge < -0.3 is 30.1 Å². The van der Waals surface area contributed by atoms with Gasteiger partial charge in [-0.2, -0.15) is 18.3 Å². The summed E-state index contributed by atoms with van der Waals surface area (Å²) in [5.74, 6) is 0.739. The zero-order chi connectivity index (χ0) is 34.8. The number of hydrogen-bond donors (Lipinski definition) is 3. The van der Waals surface area contributed by atoms with Crippen molar-refractivity contribution in [3.8, 4) is 0 Å². The number of fused-ring (bicyclic) bond motifs is 2. The predicted octanol–water partition coefficient (Wildman–Crippen LogP) is 5.42. The number of halogens is 3. The van der Waals surface area contributed by atoms with E-state index >= 15 is 0 Å². The Hall–Kier alpha value is -4.33. The fraction of sp³-hybridized carbons (Fsp3) is 0.556. The molecule has 0 saturated carbocycles. The van der Waals surface area contributed by atoms with Gasteiger partial charge >= 0.3 is 18.3 Å². The van der Waals surface area contributed by atoms with Gasteiger partial charge in [-0.1, -0.05) is 18.2 Å². The summed E-state index contributed by atoms with van der Waals surface area (Å²) in [4.78, 5) is 45.8. The van der Waals surface area contributed by atoms with Gasteiger partial charge in [-0.15, -0.1) is 0 Å². The van der Waals surface area contributed by atoms with Crippen LogP contribution in [0.15, 0.2) is 42.6 Å². The number of amides is 4. The van der Waals surface area contributed by atoms with E-state index in [0.29, 0.717) is 57.4 Å². The zero-order valence-electron chi connectivity index (χ0n) is 28.0. The Morgan fingerprint density at radius 1 is 0.920 bits per heavy atom. The van der Waals surface area contributed by atoms with Crippen molar-refractivity contribution in [2.75, 3.05) is 51.1 Å². The number of ether oxygens (including phenoxy) is 1. The molecule has 1 atom stereocenters. The maximum Gasteiger partial charge on any atom is 0.418 e. The lowest BCUT2D eigenvalue weighted by Crippen LogP contribution is -2.52. The van der Waals surface area contributed by atoms with E-state index < -0.39 is 29.8 Å². The molecule has 5 heterocycles. The summed E-state index contributed by atoms with van der Waals surface area (Å²) in [5, 5.41) is 12.9. The van der Waals surface area contributed by atoms with Crippen molar-refractivity contribution in [1.29, 1.82) is 0 Å². The molecule has 4 aliphatic heterocycles. The monoisotopic (exact) mass is 695 g/mol. The zero-order valence-corrected chi connectivity index (χ0v) is 28.0. The van der Waals surface area contributed by atoms with E-state index in [1.165, 1.54) is 11.1 Å². The molecule has 7 rings (SSSR count). The van der Waals surface area contributed by atoms with Gasteiger partial charge in [-0.3, -0.25) is 9.89 Å². The number of anilines is 1. The highest BCUT2D eigenvalue weighted by molar-refractivity contribution is 5.91. The number of nitrogens with one attached hydrogen (secondary N) is 3. The number of carbonyl (C=O) groups is 3. The van der Waals surface area contributed by atoms with Gasteiger partial charge in [0.25, 0.3) is 5.91 Å². The van der Waals surface area contributed by atoms with Crippen LogP contribution in [-0.2, 0) is 28.5 Å². The van der Waals surface area contributed by atoms with Crippen LogP contribution in [0.4, 0.5) is 28.4 Å². The smallest absolute Gasteiger partial charge is 0.418 e. The van der Waals surface area contributed by atoms with Crippen LogP contribution < -0.4 is 10.6 Å². The second-order valence-corrected chi connectivity index (χ2v) is 14.1. The molecule has 0 spiro atoms. The van der Waals surface area contributed by atoms with Gasteiger partial charge in [-0.05, 0) is 99.2 Å². The number of likely N-dealkylation sites (tertiary alicyclic amines) is 2. The van der Waals surface area contributed by atoms with Gasteiger partial charge in [-0.25, -0.2) is 9.59 Å². The molecule has 11 nitrogen and oxygen atoms in total. The van der Waals surface area contributed by atoms with Crippen LogP contribution in [-0.4, -0.2) is 101 Å². The number of rotatable bonds is 6. The fourth-order valence-electron chi connectivity index (χ4n) is 8.26. The minimum atomic E-state index is -4.65. The number of nitrogens with zero attached hydrogens (tertiary/aromatic N) is 4. The second kappa shape index (κ2) is 14.5. The molecule has 2 aromatic carbocycles. The third kappa shape index (κ3) is 7.40. The Labute approximate surface area is 288 Å². The Kier molecular flexibility index (Phi) is 9.89. The standard InChI is InChI=1S/C36H44F3N7O4/c37-36(38,39)29-20-23(19-27-22-41-43-32(27)29)21-31(33(47)44-14-7-25(8-15-44)24-5-12-40-13-6-24)50-35(49)45-16-10-28(11-17-45)46-18-9-26-3-1-2-4-30(26)42-34(46)48/h1-4,19-20,22,24-25,28,31,40H,5-18,21H2,(H,41,43)(H,42,48)/t31-/m1/s1. The molecule has 0 radical (unpaired) electrons. The van der Waals surface area contributed by atoms with E-state index in [-0.39, 0.29) is 35.0 Å². The number of H-pyrrole nitrogens is 1. The molecule has 0 unspecified atom stereocenters. The Morgan fingerprint density at radius 2 is 1.62 bits per heavy atom. The number of para-hydroxylation sites is 1. The third-order valence-electron chi connectivity index (χ3n) is 11.1. The van der Waals surface area contributed by atoms with Crippen LogP contribution >= 0.6 is 0 Å². The van der Waals surface area contributed by atoms with E-state index in [0.717, 1.165) is 62.5 Å². The molecule has 3 aromatic rings. The molecule has 1 aromatic heterocycles. The quantitative estimate of drug-likeness (QED) is 0.317. The SMILES string of the molecule is O=C(O[C@H](Cc1cc(C(F)(F)F)c2[nH]ncc2c1)C(=O)N1CCC(C2CCNCC2)CC1)N1CCC(N2CCc3ccccc3NC2=O)CC1. The molecule has 14 heteroatoms. The lowest BCUT2D eigenvalue weighted by Gasteiger charge is -2.39. The first-order chi connectivity index (χ1) is 24.1. The molecular formula is C36H44F3N7O4. The Balaban J connectivity index is 1.03. The molecule has 50 heavy (non-hydrogen) atoms. The van der Waals surface area contributed by atoms with E-state index in [1.54, 1.807) is 11.0 Å². The Morgan fingerprint density at radius 3 is 2.36 bits per heavy atom. The maximum atomic E-state index is 14.0. The van der Waals surface area contributed by atoms with Gasteiger partial charge in [0.15, 0.2) is 6.10 Å². The van der Waals surface area contributed by atoms with Crippen LogP contribution in [0.2, 0.25) is 0 Å². The highest BCUT2D eigenvalue weighted by Crippen LogP contribution is 2.36. The van der Waals surface area contributed by atoms with Gasteiger partial charge in [0.2, 0.25) is 0 Å². The van der Waals surface area contributed by atoms with Crippen molar-refractivity contribution in [3.05, 3.63) is 59.3 Å². The number of carbonyl (C=O) groups excluding carboxylic acids is 3. The third-order valence-corrected chi connectivity index (χ3v) is 11.1. The van der Waals surface area contributed by atoms with Crippen molar-refractivity contribution in [1.82, 2.24) is 30.2 Å². The summed E-state index contributed by atoms with van der Waals surface area (Å²) in [5.41, 5.74) is 1.09. The molecular weight excluding hydrogens is 651 g/mol. The number of aromatic nitrogens is 2. The molecule has 268 valence electrons. The summed E-state index contributed by atoms with van der Waals surface area (Å²) in [7, 11) is 0. The highest BCUT2D eigenvalue weighted by atomic mass is 19.4. The van der Waals surface area contributed by atoms with Crippen molar-refractivity contribution in [3.63, 3.8) is 0 Å². The minimum Gasteiger partial charge on any atom is -0.436 e. The summed E-state index contributed by atoms with van der Waals surface area (Å²) in [6.45, 7) is 4.24. The number of piperidine rings is 3. The maximum absolute atomic E-state index is 14.0. The number of urea groups is 1. The average molecular weight is 696 g/mol. The summed E-state index contributed by atoms with van der Waals surface area (Å²) in [6.07, 6.45) is 0.202. The van der Waals surface area contributed by atoms with Crippen LogP contribution in [0.5, 0.6) is 0 Å². The Bertz CT molecular complexity index is 1690. The van der Waals surface area contributed by atoms with Crippen molar-refractivity contribution in [2.24, 2.45) is 11.8 Å². The lowest BCUT2D eigenvalue weighted by molar-refractivity contribution is -0.142. The summed E-state index contributed by atoms with van der Waals surface area (Å²) >= 11 is 0. The highest BCUT2D eigenvalue weighted by Gasteiger charge is 2.38. The van der Waals surface area contributed by atoms with Crippen molar-refractivity contribution >= 4 is 34.6 Å². The number of hydrogen-bond acceptors (Lipinski definition) is 6. The molecule has 3 N–H and O–H groups in total. The molecule has 3 saturated heterocycles. The van der Waals surface area contributed by atoms with Gasteiger partial charge in [0.1, 0.15) is 0 Å². The number of alkyl halides is 3. The molecule has 0 bridgehead atoms. The van der Waals surface area contributed by atoms with Gasteiger partial charge in [0, 0.05) is 56.3 Å². The molecule has 3 fully saturated rings. The number of benzene rings is 2. The fourth-order valence-corrected chi connectivity index (χ4v) is 8.26. The van der Waals surface area contributed by atoms with Crippen LogP contribution in [0.25, 0.3) is 10.9 Å². The van der Waals surface area contributed by atoms with Crippen LogP contribution in [0, 0.1) is 11.8 Å². The first-order valence-corrected chi connectivity index (χ1v) is 17.8. The predicted molar refractivity (Wildman–Crippen MR) is 180 cm³/mol. The normalized spacial score (nSPS) is 20.7. The van der Waals surface area contributed by atoms with Crippen molar-refractivity contribution < 1.29 is 32.3 Å². The first-order valence-electron chi connectivity index (χ1n) is 17.8. The molecule has 0 aliphatic carbocycles. The van der Waals surface area contributed by atoms with E-state index in [4.69, 9.17) is 4.74 Å². The largest absolute Gasteiger partial charge is 0.436 e. The molecule has 4 aliphatic rings. The first kappa shape index (κ1) is 34.1. The summed E-state index contributed by atoms with van der Waals surface area (Å²) in [6, 6.07) is 10.1. The van der Waals surface area contributed by atoms with E-state index in [9.17, 15) is 27.6 Å². The van der Waals surface area contributed by atoms with Gasteiger partial charge in [0.05, 0.1) is 17.3 Å². The average Bonchev–Trinajstić information content (AvgIpc) is 3.53. The van der Waals surface area contributed by atoms with E-state index in [2.05, 4.69) is 20.8 Å². The molecule has 4 amide bonds. The minimum absolute atomic E-state index is 0.0745. The second-order valence-electron chi connectivity index (χ2n) is 14.1. The lowest BCUT2D eigenvalue weighted by atomic mass is 9.79. The van der Waals surface area contributed by atoms with Crippen molar-refractivity contribution in [2.45, 2.75) is 69.7 Å². The topological polar surface area (TPSA) is 123 Å². The summed E-state index contributed by atoms with van der Waals surface area (Å²) < 4.78 is 48.0. The number of aromatic amines is 1. The van der Waals surface area contributed by atoms with Crippen LogP contribution in [0.1, 0.15) is 55.2 Å². The van der Waals surface area contributed by atoms with E-state index in [1.807, 2.05) is 29.2 Å². The van der Waals surface area contributed by atoms with Crippen LogP contribution in [0.3, 0.4) is 0 Å².